The van der Waals surface area contributed by atoms with E-state index in [0.29, 0.717) is 20.7 Å². The third-order valence-electron chi connectivity index (χ3n) is 6.05. The maximum atomic E-state index is 13.2. The van der Waals surface area contributed by atoms with Gasteiger partial charge < -0.3 is 19.7 Å². The third-order valence-corrected chi connectivity index (χ3v) is 7.36. The number of amides is 2. The van der Waals surface area contributed by atoms with Gasteiger partial charge >= 0.3 is 0 Å². The SMILES string of the molecule is COc1cc(/C=C2\SC(=S)N(c3ccc(N(C)C)cc3)C2=O)ccc1OCC(=O)Nc1ccc(C)c(C)c1. The molecule has 1 fully saturated rings. The van der Waals surface area contributed by atoms with Crippen LogP contribution in [0.2, 0.25) is 0 Å². The molecule has 3 aromatic carbocycles. The van der Waals surface area contributed by atoms with Crippen LogP contribution < -0.4 is 24.6 Å². The number of hydrogen-bond donors (Lipinski definition) is 1. The normalized spacial score (nSPS) is 14.1. The second kappa shape index (κ2) is 11.7. The molecule has 9 heteroatoms. The van der Waals surface area contributed by atoms with Gasteiger partial charge in [-0.25, -0.2) is 0 Å². The zero-order valence-corrected chi connectivity index (χ0v) is 23.5. The topological polar surface area (TPSA) is 71.1 Å². The summed E-state index contributed by atoms with van der Waals surface area (Å²) in [5.41, 5.74) is 5.48. The van der Waals surface area contributed by atoms with Gasteiger partial charge in [-0.15, -0.1) is 0 Å². The van der Waals surface area contributed by atoms with Crippen molar-refractivity contribution in [1.82, 2.24) is 0 Å². The first kappa shape index (κ1) is 27.2. The third kappa shape index (κ3) is 6.17. The molecule has 0 saturated carbocycles. The van der Waals surface area contributed by atoms with E-state index in [1.54, 1.807) is 24.3 Å². The maximum absolute atomic E-state index is 13.2. The van der Waals surface area contributed by atoms with Crippen molar-refractivity contribution in [2.45, 2.75) is 13.8 Å². The zero-order valence-electron chi connectivity index (χ0n) is 21.9. The number of benzene rings is 3. The van der Waals surface area contributed by atoms with E-state index in [2.05, 4.69) is 5.32 Å². The highest BCUT2D eigenvalue weighted by Gasteiger charge is 2.33. The van der Waals surface area contributed by atoms with Crippen LogP contribution in [-0.2, 0) is 9.59 Å². The lowest BCUT2D eigenvalue weighted by Gasteiger charge is -2.17. The Bertz CT molecular complexity index is 1420. The van der Waals surface area contributed by atoms with Crippen molar-refractivity contribution in [2.75, 3.05) is 42.9 Å². The standard InChI is InChI=1S/C29H29N3O4S2/c1-18-6-8-21(14-19(18)2)30-27(33)17-36-24-13-7-20(15-25(24)35-5)16-26-28(34)32(29(37)38-26)23-11-9-22(10-12-23)31(3)4/h6-16H,17H2,1-5H3,(H,30,33)/b26-16-. The van der Waals surface area contributed by atoms with Crippen molar-refractivity contribution < 1.29 is 19.1 Å². The van der Waals surface area contributed by atoms with Crippen LogP contribution in [0.4, 0.5) is 17.1 Å². The monoisotopic (exact) mass is 547 g/mol. The van der Waals surface area contributed by atoms with Crippen molar-refractivity contribution in [3.63, 3.8) is 0 Å². The molecule has 1 aliphatic heterocycles. The van der Waals surface area contributed by atoms with Crippen molar-refractivity contribution in [3.8, 4) is 11.5 Å². The second-order valence-electron chi connectivity index (χ2n) is 8.97. The molecule has 1 heterocycles. The molecule has 4 rings (SSSR count). The number of carbonyl (C=O) groups excluding carboxylic acids is 2. The Kier molecular flexibility index (Phi) is 8.38. The van der Waals surface area contributed by atoms with Crippen LogP contribution in [0.15, 0.2) is 65.6 Å². The molecule has 1 saturated heterocycles. The summed E-state index contributed by atoms with van der Waals surface area (Å²) in [5, 5.41) is 2.84. The van der Waals surface area contributed by atoms with Crippen LogP contribution in [-0.4, -0.2) is 43.9 Å². The van der Waals surface area contributed by atoms with Crippen LogP contribution in [0.1, 0.15) is 16.7 Å². The molecule has 0 atom stereocenters. The van der Waals surface area contributed by atoms with Crippen LogP contribution in [0.5, 0.6) is 11.5 Å². The highest BCUT2D eigenvalue weighted by Crippen LogP contribution is 2.37. The second-order valence-corrected chi connectivity index (χ2v) is 10.6. The van der Waals surface area contributed by atoms with Gasteiger partial charge in [0.2, 0.25) is 0 Å². The Labute approximate surface area is 232 Å². The average Bonchev–Trinajstić information content (AvgIpc) is 3.17. The van der Waals surface area contributed by atoms with Crippen molar-refractivity contribution in [3.05, 3.63) is 82.3 Å². The lowest BCUT2D eigenvalue weighted by Crippen LogP contribution is -2.27. The van der Waals surface area contributed by atoms with Crippen LogP contribution in [0.25, 0.3) is 6.08 Å². The van der Waals surface area contributed by atoms with Gasteiger partial charge in [0.05, 0.1) is 17.7 Å². The molecule has 0 aromatic heterocycles. The van der Waals surface area contributed by atoms with Gasteiger partial charge in [0.15, 0.2) is 22.4 Å². The number of anilines is 3. The fraction of sp³-hybridized carbons (Fsp3) is 0.207. The lowest BCUT2D eigenvalue weighted by atomic mass is 10.1. The van der Waals surface area contributed by atoms with Crippen LogP contribution >= 0.6 is 24.0 Å². The molecule has 7 nitrogen and oxygen atoms in total. The number of nitrogens with one attached hydrogen (secondary N) is 1. The summed E-state index contributed by atoms with van der Waals surface area (Å²) in [7, 11) is 5.45. The van der Waals surface area contributed by atoms with E-state index >= 15 is 0 Å². The summed E-state index contributed by atoms with van der Waals surface area (Å²) in [6.07, 6.45) is 1.77. The molecule has 0 aliphatic carbocycles. The first-order chi connectivity index (χ1) is 18.2. The summed E-state index contributed by atoms with van der Waals surface area (Å²) in [6.45, 7) is 3.84. The maximum Gasteiger partial charge on any atom is 0.270 e. The number of aryl methyl sites for hydroxylation is 2. The minimum absolute atomic E-state index is 0.173. The molecule has 0 spiro atoms. The van der Waals surface area contributed by atoms with Gasteiger partial charge in [0.25, 0.3) is 11.8 Å². The molecule has 1 N–H and O–H groups in total. The van der Waals surface area contributed by atoms with Gasteiger partial charge in [-0.3, -0.25) is 14.5 Å². The molecule has 2 amide bonds. The molecule has 3 aromatic rings. The molecular formula is C29H29N3O4S2. The first-order valence-corrected chi connectivity index (χ1v) is 13.1. The quantitative estimate of drug-likeness (QED) is 0.282. The summed E-state index contributed by atoms with van der Waals surface area (Å²) < 4.78 is 11.7. The number of thioether (sulfide) groups is 1. The number of nitrogens with zero attached hydrogens (tertiary/aromatic N) is 2. The van der Waals surface area contributed by atoms with Gasteiger partial charge in [-0.2, -0.15) is 0 Å². The fourth-order valence-electron chi connectivity index (χ4n) is 3.79. The van der Waals surface area contributed by atoms with Crippen molar-refractivity contribution >= 4 is 63.3 Å². The smallest absolute Gasteiger partial charge is 0.270 e. The highest BCUT2D eigenvalue weighted by molar-refractivity contribution is 8.27. The van der Waals surface area contributed by atoms with E-state index < -0.39 is 0 Å². The average molecular weight is 548 g/mol. The molecular weight excluding hydrogens is 518 g/mol. The van der Waals surface area contributed by atoms with E-state index in [0.717, 1.165) is 33.8 Å². The summed E-state index contributed by atoms with van der Waals surface area (Å²) >= 11 is 6.75. The molecule has 1 aliphatic rings. The molecule has 0 radical (unpaired) electrons. The van der Waals surface area contributed by atoms with E-state index in [4.69, 9.17) is 21.7 Å². The Morgan fingerprint density at radius 1 is 1.03 bits per heavy atom. The van der Waals surface area contributed by atoms with Gasteiger partial charge in [0, 0.05) is 25.5 Å². The first-order valence-electron chi connectivity index (χ1n) is 11.9. The lowest BCUT2D eigenvalue weighted by molar-refractivity contribution is -0.118. The fourth-order valence-corrected chi connectivity index (χ4v) is 5.09. The molecule has 0 bridgehead atoms. The van der Waals surface area contributed by atoms with Crippen LogP contribution in [0, 0.1) is 13.8 Å². The summed E-state index contributed by atoms with van der Waals surface area (Å²) in [4.78, 5) is 29.6. The minimum atomic E-state index is -0.276. The van der Waals surface area contributed by atoms with Gasteiger partial charge in [-0.05, 0) is 85.1 Å². The summed E-state index contributed by atoms with van der Waals surface area (Å²) in [6, 6.07) is 18.7. The number of carbonyl (C=O) groups is 2. The number of ether oxygens (including phenoxy) is 2. The molecule has 0 unspecified atom stereocenters. The Morgan fingerprint density at radius 3 is 2.42 bits per heavy atom. The Hall–Kier alpha value is -3.82. The predicted molar refractivity (Wildman–Crippen MR) is 159 cm³/mol. The highest BCUT2D eigenvalue weighted by atomic mass is 32.2. The predicted octanol–water partition coefficient (Wildman–Crippen LogP) is 5.80. The number of rotatable bonds is 8. The zero-order chi connectivity index (χ0) is 27.4. The summed E-state index contributed by atoms with van der Waals surface area (Å²) in [5.74, 6) is 0.419. The van der Waals surface area contributed by atoms with Crippen molar-refractivity contribution in [1.29, 1.82) is 0 Å². The molecule has 38 heavy (non-hydrogen) atoms. The Balaban J connectivity index is 1.44. The number of methoxy groups -OCH3 is 1. The number of hydrogen-bond acceptors (Lipinski definition) is 7. The number of thiocarbonyl (C=S) groups is 1. The van der Waals surface area contributed by atoms with Crippen molar-refractivity contribution in [2.24, 2.45) is 0 Å². The van der Waals surface area contributed by atoms with Crippen LogP contribution in [0.3, 0.4) is 0 Å². The van der Waals surface area contributed by atoms with E-state index in [9.17, 15) is 9.59 Å². The van der Waals surface area contributed by atoms with E-state index in [-0.39, 0.29) is 18.4 Å². The van der Waals surface area contributed by atoms with Gasteiger partial charge in [-0.1, -0.05) is 36.1 Å². The molecule has 196 valence electrons. The largest absolute Gasteiger partial charge is 0.493 e. The Morgan fingerprint density at radius 2 is 1.76 bits per heavy atom. The van der Waals surface area contributed by atoms with Gasteiger partial charge in [0.1, 0.15) is 0 Å². The van der Waals surface area contributed by atoms with E-state index in [1.807, 2.05) is 75.3 Å². The minimum Gasteiger partial charge on any atom is -0.493 e. The van der Waals surface area contributed by atoms with E-state index in [1.165, 1.54) is 23.8 Å².